The van der Waals surface area contributed by atoms with E-state index >= 15 is 0 Å². The molecule has 0 aliphatic rings. The lowest BCUT2D eigenvalue weighted by Gasteiger charge is -2.01. The standard InChI is InChI=1S/C11H9F3N4O/c12-11(13,14)10(19)9-7-18(17-16-9)6-4-8-3-1-2-5-15-8/h1-3,5,7H,4,6H2. The highest BCUT2D eigenvalue weighted by molar-refractivity contribution is 5.98. The van der Waals surface area contributed by atoms with Crippen molar-refractivity contribution in [1.29, 1.82) is 0 Å². The quantitative estimate of drug-likeness (QED) is 0.793. The van der Waals surface area contributed by atoms with E-state index in [4.69, 9.17) is 0 Å². The van der Waals surface area contributed by atoms with Crippen molar-refractivity contribution in [3.05, 3.63) is 42.0 Å². The number of aromatic nitrogens is 4. The molecule has 0 spiro atoms. The Morgan fingerprint density at radius 1 is 1.32 bits per heavy atom. The molecular formula is C11H9F3N4O. The van der Waals surface area contributed by atoms with Crippen LogP contribution in [-0.2, 0) is 13.0 Å². The topological polar surface area (TPSA) is 60.7 Å². The summed E-state index contributed by atoms with van der Waals surface area (Å²) >= 11 is 0. The Kier molecular flexibility index (Phi) is 3.59. The average Bonchev–Trinajstić information content (AvgIpc) is 2.84. The van der Waals surface area contributed by atoms with Crippen molar-refractivity contribution in [3.8, 4) is 0 Å². The minimum absolute atomic E-state index is 0.301. The fourth-order valence-corrected chi connectivity index (χ4v) is 1.43. The maximum atomic E-state index is 12.2. The van der Waals surface area contributed by atoms with Gasteiger partial charge in [0.2, 0.25) is 0 Å². The third kappa shape index (κ3) is 3.36. The number of nitrogens with zero attached hydrogens (tertiary/aromatic N) is 4. The molecule has 100 valence electrons. The maximum absolute atomic E-state index is 12.2. The zero-order valence-corrected chi connectivity index (χ0v) is 9.63. The van der Waals surface area contributed by atoms with Crippen LogP contribution in [0.3, 0.4) is 0 Å². The largest absolute Gasteiger partial charge is 0.456 e. The monoisotopic (exact) mass is 270 g/mol. The van der Waals surface area contributed by atoms with E-state index in [1.54, 1.807) is 18.3 Å². The predicted octanol–water partition coefficient (Wildman–Crippen LogP) is 1.66. The molecule has 2 aromatic heterocycles. The number of hydrogen-bond acceptors (Lipinski definition) is 4. The van der Waals surface area contributed by atoms with Gasteiger partial charge in [0, 0.05) is 24.9 Å². The lowest BCUT2D eigenvalue weighted by molar-refractivity contribution is -0.0888. The van der Waals surface area contributed by atoms with Crippen molar-refractivity contribution in [1.82, 2.24) is 20.0 Å². The lowest BCUT2D eigenvalue weighted by Crippen LogP contribution is -2.23. The number of halogens is 3. The minimum atomic E-state index is -4.93. The van der Waals surface area contributed by atoms with Gasteiger partial charge in [-0.1, -0.05) is 11.3 Å². The molecule has 0 radical (unpaired) electrons. The van der Waals surface area contributed by atoms with Crippen LogP contribution in [0.5, 0.6) is 0 Å². The van der Waals surface area contributed by atoms with Crippen molar-refractivity contribution in [2.45, 2.75) is 19.1 Å². The maximum Gasteiger partial charge on any atom is 0.456 e. The van der Waals surface area contributed by atoms with Crippen molar-refractivity contribution < 1.29 is 18.0 Å². The number of Topliss-reactive ketones (excluding diaryl/α,β-unsaturated/α-hetero) is 1. The SMILES string of the molecule is O=C(c1cn(CCc2ccccn2)nn1)C(F)(F)F. The summed E-state index contributed by atoms with van der Waals surface area (Å²) in [5, 5.41) is 6.70. The molecule has 8 heteroatoms. The number of hydrogen-bond donors (Lipinski definition) is 0. The molecule has 0 fully saturated rings. The number of carbonyl (C=O) groups excluding carboxylic acids is 1. The minimum Gasteiger partial charge on any atom is -0.282 e. The van der Waals surface area contributed by atoms with Gasteiger partial charge in [-0.05, 0) is 12.1 Å². The summed E-state index contributed by atoms with van der Waals surface area (Å²) in [7, 11) is 0. The van der Waals surface area contributed by atoms with Crippen LogP contribution in [-0.4, -0.2) is 31.9 Å². The molecule has 0 aliphatic heterocycles. The van der Waals surface area contributed by atoms with Crippen molar-refractivity contribution in [2.75, 3.05) is 0 Å². The van der Waals surface area contributed by atoms with Gasteiger partial charge < -0.3 is 0 Å². The second-order valence-corrected chi connectivity index (χ2v) is 3.76. The number of aryl methyl sites for hydroxylation is 2. The van der Waals surface area contributed by atoms with Gasteiger partial charge in [0.1, 0.15) is 0 Å². The van der Waals surface area contributed by atoms with E-state index in [2.05, 4.69) is 15.3 Å². The first-order chi connectivity index (χ1) is 8.97. The van der Waals surface area contributed by atoms with Crippen LogP contribution in [0.4, 0.5) is 13.2 Å². The zero-order valence-electron chi connectivity index (χ0n) is 9.63. The van der Waals surface area contributed by atoms with Gasteiger partial charge in [0.25, 0.3) is 5.78 Å². The van der Waals surface area contributed by atoms with Crippen LogP contribution in [0.15, 0.2) is 30.6 Å². The van der Waals surface area contributed by atoms with Crippen LogP contribution in [0.1, 0.15) is 16.2 Å². The summed E-state index contributed by atoms with van der Waals surface area (Å²) in [6.07, 6.45) is -1.83. The van der Waals surface area contributed by atoms with Crippen molar-refractivity contribution in [3.63, 3.8) is 0 Å². The van der Waals surface area contributed by atoms with E-state index in [9.17, 15) is 18.0 Å². The molecule has 0 atom stereocenters. The van der Waals surface area contributed by atoms with Gasteiger partial charge in [-0.2, -0.15) is 13.2 Å². The Bertz CT molecular complexity index is 565. The zero-order chi connectivity index (χ0) is 13.9. The highest BCUT2D eigenvalue weighted by Crippen LogP contribution is 2.19. The molecular weight excluding hydrogens is 261 g/mol. The Labute approximate surface area is 106 Å². The first-order valence-corrected chi connectivity index (χ1v) is 5.38. The summed E-state index contributed by atoms with van der Waals surface area (Å²) in [5.74, 6) is -1.99. The molecule has 0 saturated carbocycles. The van der Waals surface area contributed by atoms with Crippen molar-refractivity contribution >= 4 is 5.78 Å². The number of ketones is 1. The molecule has 5 nitrogen and oxygen atoms in total. The number of carbonyl (C=O) groups is 1. The Balaban J connectivity index is 2.00. The molecule has 0 bridgehead atoms. The van der Waals surface area contributed by atoms with Crippen LogP contribution in [0, 0.1) is 0 Å². The number of alkyl halides is 3. The fraction of sp³-hybridized carbons (Fsp3) is 0.273. The van der Waals surface area contributed by atoms with Crippen molar-refractivity contribution in [2.24, 2.45) is 0 Å². The predicted molar refractivity (Wildman–Crippen MR) is 58.3 cm³/mol. The first kappa shape index (κ1) is 13.2. The Morgan fingerprint density at radius 2 is 2.11 bits per heavy atom. The Morgan fingerprint density at radius 3 is 2.74 bits per heavy atom. The molecule has 19 heavy (non-hydrogen) atoms. The lowest BCUT2D eigenvalue weighted by atomic mass is 10.2. The van der Waals surface area contributed by atoms with E-state index in [0.717, 1.165) is 11.9 Å². The summed E-state index contributed by atoms with van der Waals surface area (Å²) in [5.41, 5.74) is 0.0789. The molecule has 0 aromatic carbocycles. The molecule has 0 amide bonds. The molecule has 0 unspecified atom stereocenters. The number of pyridine rings is 1. The second kappa shape index (κ2) is 5.17. The fourth-order valence-electron chi connectivity index (χ4n) is 1.43. The molecule has 0 aliphatic carbocycles. The third-order valence-corrected chi connectivity index (χ3v) is 2.35. The summed E-state index contributed by atoms with van der Waals surface area (Å²) in [6, 6.07) is 5.36. The smallest absolute Gasteiger partial charge is 0.282 e. The number of rotatable bonds is 4. The van der Waals surface area contributed by atoms with Crippen LogP contribution in [0.2, 0.25) is 0 Å². The molecule has 0 N–H and O–H groups in total. The Hall–Kier alpha value is -2.25. The highest BCUT2D eigenvalue weighted by atomic mass is 19.4. The highest BCUT2D eigenvalue weighted by Gasteiger charge is 2.41. The third-order valence-electron chi connectivity index (χ3n) is 2.35. The van der Waals surface area contributed by atoms with Gasteiger partial charge in [-0.25, -0.2) is 0 Å². The van der Waals surface area contributed by atoms with Gasteiger partial charge >= 0.3 is 6.18 Å². The van der Waals surface area contributed by atoms with E-state index in [1.165, 1.54) is 4.68 Å². The van der Waals surface area contributed by atoms with Gasteiger partial charge in [-0.3, -0.25) is 14.5 Å². The summed E-state index contributed by atoms with van der Waals surface area (Å²) in [6.45, 7) is 0.301. The van der Waals surface area contributed by atoms with E-state index in [1.807, 2.05) is 6.07 Å². The van der Waals surface area contributed by atoms with Gasteiger partial charge in [-0.15, -0.1) is 5.10 Å². The van der Waals surface area contributed by atoms with Gasteiger partial charge in [0.05, 0.1) is 6.20 Å². The first-order valence-electron chi connectivity index (χ1n) is 5.38. The van der Waals surface area contributed by atoms with Crippen LogP contribution >= 0.6 is 0 Å². The normalized spacial score (nSPS) is 11.5. The second-order valence-electron chi connectivity index (χ2n) is 3.76. The van der Waals surface area contributed by atoms with E-state index in [-0.39, 0.29) is 0 Å². The molecule has 0 saturated heterocycles. The molecule has 2 aromatic rings. The van der Waals surface area contributed by atoms with Gasteiger partial charge in [0.15, 0.2) is 5.69 Å². The summed E-state index contributed by atoms with van der Waals surface area (Å²) < 4.78 is 37.7. The molecule has 2 heterocycles. The summed E-state index contributed by atoms with van der Waals surface area (Å²) in [4.78, 5) is 15.0. The van der Waals surface area contributed by atoms with Crippen LogP contribution in [0.25, 0.3) is 0 Å². The van der Waals surface area contributed by atoms with E-state index < -0.39 is 17.7 Å². The molecule has 2 rings (SSSR count). The van der Waals surface area contributed by atoms with Crippen LogP contribution < -0.4 is 0 Å². The van der Waals surface area contributed by atoms with E-state index in [0.29, 0.717) is 13.0 Å². The average molecular weight is 270 g/mol.